The highest BCUT2D eigenvalue weighted by molar-refractivity contribution is 7.92. The van der Waals surface area contributed by atoms with Crippen molar-refractivity contribution in [1.82, 2.24) is 0 Å². The summed E-state index contributed by atoms with van der Waals surface area (Å²) in [6, 6.07) is 0. The minimum atomic E-state index is -5.13. The summed E-state index contributed by atoms with van der Waals surface area (Å²) in [6.07, 6.45) is 0. The molecule has 0 amide bonds. The molecule has 2 aromatic carbocycles. The van der Waals surface area contributed by atoms with Crippen molar-refractivity contribution in [1.29, 1.82) is 0 Å². The highest BCUT2D eigenvalue weighted by Crippen LogP contribution is 2.39. The Hall–Kier alpha value is -2.43. The lowest BCUT2D eigenvalue weighted by Gasteiger charge is -2.17. The zero-order valence-corrected chi connectivity index (χ0v) is 13.5. The molecule has 4 nitrogen and oxygen atoms in total. The van der Waals surface area contributed by atoms with E-state index < -0.39 is 77.0 Å². The van der Waals surface area contributed by atoms with Crippen LogP contribution in [0.1, 0.15) is 11.1 Å². The summed E-state index contributed by atoms with van der Waals surface area (Å²) in [4.78, 5) is -2.52. The van der Waals surface area contributed by atoms with Gasteiger partial charge in [-0.15, -0.1) is 0 Å². The van der Waals surface area contributed by atoms with Crippen LogP contribution in [0, 0.1) is 48.8 Å². The van der Waals surface area contributed by atoms with Crippen molar-refractivity contribution < 1.29 is 34.8 Å². The first-order valence-electron chi connectivity index (χ1n) is 6.45. The fraction of sp³-hybridized carbons (Fsp3) is 0.143. The number of sulfone groups is 1. The number of rotatable bonds is 2. The Balaban J connectivity index is 3.02. The summed E-state index contributed by atoms with van der Waals surface area (Å²) in [6.45, 7) is 1.53. The summed E-state index contributed by atoms with van der Waals surface area (Å²) in [5.41, 5.74) is 5.97. The molecule has 4 N–H and O–H groups in total. The number of hydrogen-bond acceptors (Lipinski definition) is 4. The van der Waals surface area contributed by atoms with E-state index in [4.69, 9.17) is 11.5 Å². The molecule has 0 aliphatic heterocycles. The van der Waals surface area contributed by atoms with Gasteiger partial charge in [-0.05, 0) is 13.8 Å². The maximum absolute atomic E-state index is 13.7. The molecule has 0 aromatic heterocycles. The lowest BCUT2D eigenvalue weighted by molar-refractivity contribution is 0.439. The van der Waals surface area contributed by atoms with Crippen LogP contribution in [0.4, 0.5) is 37.7 Å². The molecular formula is C14H10F6N2O2S. The Morgan fingerprint density at radius 2 is 0.880 bits per heavy atom. The van der Waals surface area contributed by atoms with Gasteiger partial charge in [0.15, 0.2) is 34.9 Å². The molecule has 0 saturated carbocycles. The summed E-state index contributed by atoms with van der Waals surface area (Å²) < 4.78 is 107. The van der Waals surface area contributed by atoms with E-state index in [1.54, 1.807) is 0 Å². The lowest BCUT2D eigenvalue weighted by Crippen LogP contribution is -2.17. The fourth-order valence-electron chi connectivity index (χ4n) is 2.36. The quantitative estimate of drug-likeness (QED) is 0.361. The lowest BCUT2D eigenvalue weighted by atomic mass is 10.2. The predicted molar refractivity (Wildman–Crippen MR) is 76.4 cm³/mol. The minimum absolute atomic E-state index is 0.767. The van der Waals surface area contributed by atoms with Crippen LogP contribution in [0.15, 0.2) is 9.79 Å². The standard InChI is InChI=1S/C14H10F6N2O2S/c1-3-5(15)7(17)9(19)11(21)13(3)25(23,24)14-4(2)6(16)8(18)10(20)12(14)22/h21-22H2,1-2H3. The number of benzene rings is 2. The third-order valence-corrected chi connectivity index (χ3v) is 5.74. The average molecular weight is 384 g/mol. The topological polar surface area (TPSA) is 86.2 Å². The van der Waals surface area contributed by atoms with Crippen LogP contribution in [0.5, 0.6) is 0 Å². The molecule has 0 aliphatic rings. The SMILES string of the molecule is Cc1c(F)c(F)c(F)c(N)c1S(=O)(=O)c1c(C)c(F)c(F)c(F)c1N. The van der Waals surface area contributed by atoms with E-state index in [1.165, 1.54) is 0 Å². The molecule has 136 valence electrons. The van der Waals surface area contributed by atoms with E-state index in [0.717, 1.165) is 13.8 Å². The van der Waals surface area contributed by atoms with Gasteiger partial charge >= 0.3 is 0 Å². The van der Waals surface area contributed by atoms with E-state index >= 15 is 0 Å². The van der Waals surface area contributed by atoms with E-state index in [-0.39, 0.29) is 0 Å². The van der Waals surface area contributed by atoms with Crippen LogP contribution in [-0.2, 0) is 9.84 Å². The molecule has 2 aromatic rings. The minimum Gasteiger partial charge on any atom is -0.395 e. The fourth-order valence-corrected chi connectivity index (χ4v) is 4.30. The number of nitrogen functional groups attached to an aromatic ring is 2. The van der Waals surface area contributed by atoms with Gasteiger partial charge in [-0.25, -0.2) is 34.8 Å². The van der Waals surface area contributed by atoms with Gasteiger partial charge in [-0.1, -0.05) is 0 Å². The Morgan fingerprint density at radius 3 is 1.16 bits per heavy atom. The zero-order chi connectivity index (χ0) is 19.4. The molecule has 0 bridgehead atoms. The van der Waals surface area contributed by atoms with Crippen molar-refractivity contribution in [2.45, 2.75) is 23.6 Å². The molecule has 2 rings (SSSR count). The first-order valence-corrected chi connectivity index (χ1v) is 7.94. The molecule has 0 radical (unpaired) electrons. The highest BCUT2D eigenvalue weighted by Gasteiger charge is 2.35. The van der Waals surface area contributed by atoms with Gasteiger partial charge < -0.3 is 11.5 Å². The smallest absolute Gasteiger partial charge is 0.211 e. The Kier molecular flexibility index (Phi) is 4.41. The second kappa shape index (κ2) is 5.83. The van der Waals surface area contributed by atoms with E-state index in [1.807, 2.05) is 0 Å². The van der Waals surface area contributed by atoms with Crippen LogP contribution in [0.3, 0.4) is 0 Å². The molecule has 0 spiro atoms. The third-order valence-electron chi connectivity index (χ3n) is 3.61. The number of halogens is 6. The summed E-state index contributed by atoms with van der Waals surface area (Å²) >= 11 is 0. The van der Waals surface area contributed by atoms with Crippen LogP contribution >= 0.6 is 0 Å². The summed E-state index contributed by atoms with van der Waals surface area (Å²) in [5.74, 6) is -11.7. The Bertz CT molecular complexity index is 887. The second-order valence-electron chi connectivity index (χ2n) is 5.12. The molecule has 0 unspecified atom stereocenters. The largest absolute Gasteiger partial charge is 0.395 e. The molecule has 25 heavy (non-hydrogen) atoms. The molecule has 0 saturated heterocycles. The number of anilines is 2. The van der Waals surface area contributed by atoms with Crippen LogP contribution in [-0.4, -0.2) is 8.42 Å². The van der Waals surface area contributed by atoms with Gasteiger partial charge in [-0.2, -0.15) is 0 Å². The third kappa shape index (κ3) is 2.49. The van der Waals surface area contributed by atoms with Crippen molar-refractivity contribution >= 4 is 21.2 Å². The van der Waals surface area contributed by atoms with Crippen molar-refractivity contribution in [2.75, 3.05) is 11.5 Å². The van der Waals surface area contributed by atoms with E-state index in [2.05, 4.69) is 0 Å². The summed E-state index contributed by atoms with van der Waals surface area (Å²) in [7, 11) is -5.13. The highest BCUT2D eigenvalue weighted by atomic mass is 32.2. The Labute approximate surface area is 138 Å². The van der Waals surface area contributed by atoms with Gasteiger partial charge in [0, 0.05) is 11.1 Å². The first kappa shape index (κ1) is 18.9. The van der Waals surface area contributed by atoms with Crippen molar-refractivity contribution in [2.24, 2.45) is 0 Å². The van der Waals surface area contributed by atoms with Gasteiger partial charge in [0.05, 0.1) is 11.4 Å². The molecule has 0 atom stereocenters. The summed E-state index contributed by atoms with van der Waals surface area (Å²) in [5, 5.41) is 0. The number of hydrogen-bond donors (Lipinski definition) is 2. The van der Waals surface area contributed by atoms with Crippen LogP contribution in [0.2, 0.25) is 0 Å². The van der Waals surface area contributed by atoms with Crippen molar-refractivity contribution in [3.8, 4) is 0 Å². The monoisotopic (exact) mass is 384 g/mol. The molecular weight excluding hydrogens is 374 g/mol. The molecule has 0 fully saturated rings. The first-order chi connectivity index (χ1) is 11.4. The Morgan fingerprint density at radius 1 is 0.600 bits per heavy atom. The van der Waals surface area contributed by atoms with Gasteiger partial charge in [0.2, 0.25) is 9.84 Å². The van der Waals surface area contributed by atoms with E-state index in [9.17, 15) is 34.8 Å². The average Bonchev–Trinajstić information content (AvgIpc) is 2.54. The predicted octanol–water partition coefficient (Wildman–Crippen LogP) is 3.14. The maximum Gasteiger partial charge on any atom is 0.211 e. The zero-order valence-electron chi connectivity index (χ0n) is 12.6. The van der Waals surface area contributed by atoms with Crippen molar-refractivity contribution in [3.05, 3.63) is 46.0 Å². The van der Waals surface area contributed by atoms with Crippen LogP contribution < -0.4 is 11.5 Å². The van der Waals surface area contributed by atoms with E-state index in [0.29, 0.717) is 0 Å². The molecule has 0 aliphatic carbocycles. The normalized spacial score (nSPS) is 11.8. The van der Waals surface area contributed by atoms with Gasteiger partial charge in [-0.3, -0.25) is 0 Å². The van der Waals surface area contributed by atoms with Crippen LogP contribution in [0.25, 0.3) is 0 Å². The molecule has 0 heterocycles. The van der Waals surface area contributed by atoms with Crippen molar-refractivity contribution in [3.63, 3.8) is 0 Å². The molecule has 11 heteroatoms. The van der Waals surface area contributed by atoms with Gasteiger partial charge in [0.1, 0.15) is 9.79 Å². The second-order valence-corrected chi connectivity index (χ2v) is 6.95. The number of nitrogens with two attached hydrogens (primary N) is 2. The van der Waals surface area contributed by atoms with Gasteiger partial charge in [0.25, 0.3) is 0 Å². The maximum atomic E-state index is 13.7.